The molecule has 0 saturated carbocycles. The molecule has 0 unspecified atom stereocenters. The molecule has 0 saturated heterocycles. The van der Waals surface area contributed by atoms with Crippen LogP contribution < -0.4 is 0 Å². The summed E-state index contributed by atoms with van der Waals surface area (Å²) >= 11 is 14.7. The van der Waals surface area contributed by atoms with Crippen molar-refractivity contribution in [1.29, 1.82) is 0 Å². The third-order valence-electron chi connectivity index (χ3n) is 2.48. The van der Waals surface area contributed by atoms with E-state index in [0.29, 0.717) is 15.7 Å². The number of halogens is 2. The van der Waals surface area contributed by atoms with E-state index in [0.717, 1.165) is 22.4 Å². The van der Waals surface area contributed by atoms with Gasteiger partial charge in [0, 0.05) is 16.6 Å². The van der Waals surface area contributed by atoms with Crippen LogP contribution in [0.1, 0.15) is 13.8 Å². The van der Waals surface area contributed by atoms with Crippen LogP contribution in [0.25, 0.3) is 11.4 Å². The predicted octanol–water partition coefficient (Wildman–Crippen LogP) is 4.68. The second kappa shape index (κ2) is 5.55. The van der Waals surface area contributed by atoms with Gasteiger partial charge in [0.2, 0.25) is 0 Å². The van der Waals surface area contributed by atoms with Gasteiger partial charge in [0.1, 0.15) is 0 Å². The van der Waals surface area contributed by atoms with E-state index < -0.39 is 0 Å². The van der Waals surface area contributed by atoms with Gasteiger partial charge in [0.15, 0.2) is 10.6 Å². The van der Waals surface area contributed by atoms with Gasteiger partial charge in [-0.05, 0) is 52.3 Å². The topological polar surface area (TPSA) is 33.6 Å². The van der Waals surface area contributed by atoms with Crippen LogP contribution in [-0.2, 0) is 6.54 Å². The first kappa shape index (κ1) is 13.8. The van der Waals surface area contributed by atoms with Crippen molar-refractivity contribution in [3.63, 3.8) is 0 Å². The molecular weight excluding hydrogens is 334 g/mol. The van der Waals surface area contributed by atoms with Crippen LogP contribution in [0.3, 0.4) is 0 Å². The average molecular weight is 347 g/mol. The lowest BCUT2D eigenvalue weighted by atomic mass is 10.2. The first-order valence-electron chi connectivity index (χ1n) is 5.59. The lowest BCUT2D eigenvalue weighted by Gasteiger charge is -2.09. The minimum absolute atomic E-state index is 0.504. The van der Waals surface area contributed by atoms with Crippen molar-refractivity contribution in [2.75, 3.05) is 0 Å². The maximum absolute atomic E-state index is 5.99. The molecule has 6 heteroatoms. The van der Waals surface area contributed by atoms with E-state index in [9.17, 15) is 0 Å². The molecule has 0 spiro atoms. The third kappa shape index (κ3) is 2.84. The van der Waals surface area contributed by atoms with E-state index in [2.05, 4.69) is 40.0 Å². The van der Waals surface area contributed by atoms with Crippen molar-refractivity contribution in [3.05, 3.63) is 32.5 Å². The molecule has 2 rings (SSSR count). The van der Waals surface area contributed by atoms with Crippen molar-refractivity contribution < 1.29 is 0 Å². The molecule has 1 heterocycles. The van der Waals surface area contributed by atoms with Crippen LogP contribution in [0.5, 0.6) is 0 Å². The van der Waals surface area contributed by atoms with Crippen molar-refractivity contribution in [3.8, 4) is 11.4 Å². The SMILES string of the molecule is CC(C)Cn1c(-c2ccc(Cl)c(Br)c2)n[nH]c1=S. The highest BCUT2D eigenvalue weighted by molar-refractivity contribution is 9.10. The largest absolute Gasteiger partial charge is 0.300 e. The smallest absolute Gasteiger partial charge is 0.195 e. The highest BCUT2D eigenvalue weighted by Crippen LogP contribution is 2.28. The Kier molecular flexibility index (Phi) is 4.25. The lowest BCUT2D eigenvalue weighted by molar-refractivity contribution is 0.521. The Morgan fingerprint density at radius 3 is 2.83 bits per heavy atom. The number of nitrogens with zero attached hydrogens (tertiary/aromatic N) is 2. The van der Waals surface area contributed by atoms with Crippen LogP contribution in [0.15, 0.2) is 22.7 Å². The monoisotopic (exact) mass is 345 g/mol. The molecule has 1 aromatic heterocycles. The zero-order valence-electron chi connectivity index (χ0n) is 10.1. The van der Waals surface area contributed by atoms with Crippen LogP contribution >= 0.6 is 39.7 Å². The Balaban J connectivity index is 2.50. The third-order valence-corrected chi connectivity index (χ3v) is 4.01. The van der Waals surface area contributed by atoms with E-state index in [1.807, 2.05) is 22.8 Å². The fraction of sp³-hybridized carbons (Fsp3) is 0.333. The van der Waals surface area contributed by atoms with Crippen LogP contribution in [0, 0.1) is 10.7 Å². The molecule has 1 N–H and O–H groups in total. The lowest BCUT2D eigenvalue weighted by Crippen LogP contribution is -2.06. The maximum atomic E-state index is 5.99. The molecule has 2 aromatic rings. The number of rotatable bonds is 3. The Hall–Kier alpha value is -0.650. The van der Waals surface area contributed by atoms with Crippen molar-refractivity contribution in [2.45, 2.75) is 20.4 Å². The van der Waals surface area contributed by atoms with E-state index in [1.165, 1.54) is 0 Å². The molecule has 0 aliphatic heterocycles. The molecule has 0 aliphatic rings. The molecule has 1 aromatic carbocycles. The summed E-state index contributed by atoms with van der Waals surface area (Å²) in [5.41, 5.74) is 0.985. The zero-order valence-corrected chi connectivity index (χ0v) is 13.2. The average Bonchev–Trinajstić information content (AvgIpc) is 2.64. The molecular formula is C12H13BrClN3S. The second-order valence-electron chi connectivity index (χ2n) is 4.49. The minimum Gasteiger partial charge on any atom is -0.300 e. The molecule has 3 nitrogen and oxygen atoms in total. The van der Waals surface area contributed by atoms with E-state index in [4.69, 9.17) is 23.8 Å². The summed E-state index contributed by atoms with van der Waals surface area (Å²) in [5, 5.41) is 7.82. The van der Waals surface area contributed by atoms with Gasteiger partial charge in [-0.15, -0.1) is 0 Å². The Morgan fingerprint density at radius 2 is 2.22 bits per heavy atom. The van der Waals surface area contributed by atoms with Gasteiger partial charge in [-0.25, -0.2) is 0 Å². The number of nitrogens with one attached hydrogen (secondary N) is 1. The fourth-order valence-electron chi connectivity index (χ4n) is 1.71. The normalized spacial score (nSPS) is 11.2. The summed E-state index contributed by atoms with van der Waals surface area (Å²) in [7, 11) is 0. The number of aromatic amines is 1. The summed E-state index contributed by atoms with van der Waals surface area (Å²) in [4.78, 5) is 0. The van der Waals surface area contributed by atoms with E-state index >= 15 is 0 Å². The highest BCUT2D eigenvalue weighted by Gasteiger charge is 2.11. The van der Waals surface area contributed by atoms with Gasteiger partial charge >= 0.3 is 0 Å². The molecule has 0 fully saturated rings. The summed E-state index contributed by atoms with van der Waals surface area (Å²) in [6, 6.07) is 5.73. The van der Waals surface area contributed by atoms with Crippen LogP contribution in [0.2, 0.25) is 5.02 Å². The van der Waals surface area contributed by atoms with Crippen molar-refractivity contribution >= 4 is 39.7 Å². The van der Waals surface area contributed by atoms with Gasteiger partial charge in [-0.2, -0.15) is 5.10 Å². The number of hydrogen-bond donors (Lipinski definition) is 1. The molecule has 0 amide bonds. The number of aromatic nitrogens is 3. The standard InChI is InChI=1S/C12H13BrClN3S/c1-7(2)6-17-11(15-16-12(17)18)8-3-4-10(14)9(13)5-8/h3-5,7H,6H2,1-2H3,(H,16,18). The Bertz CT molecular complexity index is 618. The number of hydrogen-bond acceptors (Lipinski definition) is 2. The summed E-state index contributed by atoms with van der Waals surface area (Å²) < 4.78 is 3.51. The molecule has 0 radical (unpaired) electrons. The Morgan fingerprint density at radius 1 is 1.50 bits per heavy atom. The maximum Gasteiger partial charge on any atom is 0.195 e. The van der Waals surface area contributed by atoms with Crippen LogP contribution in [0.4, 0.5) is 0 Å². The molecule has 0 bridgehead atoms. The van der Waals surface area contributed by atoms with Crippen molar-refractivity contribution in [2.24, 2.45) is 5.92 Å². The Labute approximate surface area is 124 Å². The second-order valence-corrected chi connectivity index (χ2v) is 6.13. The predicted molar refractivity (Wildman–Crippen MR) is 80.4 cm³/mol. The number of H-pyrrole nitrogens is 1. The van der Waals surface area contributed by atoms with Gasteiger partial charge in [-0.3, -0.25) is 9.67 Å². The number of benzene rings is 1. The fourth-order valence-corrected chi connectivity index (χ4v) is 2.41. The summed E-state index contributed by atoms with van der Waals surface area (Å²) in [6.45, 7) is 5.14. The molecule has 96 valence electrons. The van der Waals surface area contributed by atoms with Gasteiger partial charge < -0.3 is 0 Å². The highest BCUT2D eigenvalue weighted by atomic mass is 79.9. The van der Waals surface area contributed by atoms with Gasteiger partial charge in [0.05, 0.1) is 5.02 Å². The quantitative estimate of drug-likeness (QED) is 0.819. The summed E-state index contributed by atoms with van der Waals surface area (Å²) in [6.07, 6.45) is 0. The first-order chi connectivity index (χ1) is 8.49. The van der Waals surface area contributed by atoms with E-state index in [-0.39, 0.29) is 0 Å². The van der Waals surface area contributed by atoms with Crippen molar-refractivity contribution in [1.82, 2.24) is 14.8 Å². The van der Waals surface area contributed by atoms with Gasteiger partial charge in [-0.1, -0.05) is 25.4 Å². The first-order valence-corrected chi connectivity index (χ1v) is 7.17. The van der Waals surface area contributed by atoms with Crippen LogP contribution in [-0.4, -0.2) is 14.8 Å². The zero-order chi connectivity index (χ0) is 13.3. The molecule has 18 heavy (non-hydrogen) atoms. The minimum atomic E-state index is 0.504. The molecule has 0 aliphatic carbocycles. The van der Waals surface area contributed by atoms with Gasteiger partial charge in [0.25, 0.3) is 0 Å². The summed E-state index contributed by atoms with van der Waals surface area (Å²) in [5.74, 6) is 1.34. The molecule has 0 atom stereocenters. The van der Waals surface area contributed by atoms with E-state index in [1.54, 1.807) is 0 Å².